The van der Waals surface area contributed by atoms with E-state index in [1.807, 2.05) is 4.68 Å². The van der Waals surface area contributed by atoms with Crippen LogP contribution in [-0.2, 0) is 0 Å². The second-order valence-electron chi connectivity index (χ2n) is 6.40. The smallest absolute Gasteiger partial charge is 0.209 e. The number of rotatable bonds is 5. The van der Waals surface area contributed by atoms with E-state index < -0.39 is 0 Å². The molecule has 1 aliphatic carbocycles. The Balaban J connectivity index is 1.98. The summed E-state index contributed by atoms with van der Waals surface area (Å²) in [5.74, 6) is 2.50. The minimum atomic E-state index is 0.278. The van der Waals surface area contributed by atoms with Crippen molar-refractivity contribution in [1.82, 2.24) is 20.2 Å². The summed E-state index contributed by atoms with van der Waals surface area (Å²) >= 11 is 6.26. The van der Waals surface area contributed by atoms with Crippen molar-refractivity contribution in [2.75, 3.05) is 11.5 Å². The highest BCUT2D eigenvalue weighted by Crippen LogP contribution is 2.34. The molecule has 19 heavy (non-hydrogen) atoms. The summed E-state index contributed by atoms with van der Waals surface area (Å²) in [6.07, 6.45) is 5.04. The van der Waals surface area contributed by atoms with Crippen LogP contribution < -0.4 is 0 Å². The average Bonchev–Trinajstić information content (AvgIpc) is 2.97. The summed E-state index contributed by atoms with van der Waals surface area (Å²) in [7, 11) is 0. The molecule has 1 fully saturated rings. The van der Waals surface area contributed by atoms with E-state index in [0.717, 1.165) is 16.7 Å². The molecule has 1 saturated carbocycles. The van der Waals surface area contributed by atoms with Crippen molar-refractivity contribution in [2.24, 2.45) is 11.3 Å². The lowest BCUT2D eigenvalue weighted by Gasteiger charge is -2.28. The molecule has 1 atom stereocenters. The van der Waals surface area contributed by atoms with Crippen LogP contribution in [0.3, 0.4) is 0 Å². The van der Waals surface area contributed by atoms with Crippen molar-refractivity contribution in [3.8, 4) is 0 Å². The van der Waals surface area contributed by atoms with Crippen molar-refractivity contribution < 1.29 is 0 Å². The lowest BCUT2D eigenvalue weighted by Crippen LogP contribution is -2.24. The predicted molar refractivity (Wildman–Crippen MR) is 82.8 cm³/mol. The zero-order valence-corrected chi connectivity index (χ0v) is 13.8. The fourth-order valence-corrected chi connectivity index (χ4v) is 4.64. The Bertz CT molecular complexity index is 394. The highest BCUT2D eigenvalue weighted by Gasteiger charge is 2.26. The summed E-state index contributed by atoms with van der Waals surface area (Å²) in [6, 6.07) is 0.515. The SMILES string of the molecule is CC(C)(C)C(CS)CSc1nnnn1C1CCCC1. The molecule has 0 spiro atoms. The fraction of sp³-hybridized carbons (Fsp3) is 0.923. The van der Waals surface area contributed by atoms with E-state index in [1.54, 1.807) is 11.8 Å². The molecule has 0 bridgehead atoms. The van der Waals surface area contributed by atoms with Gasteiger partial charge in [-0.3, -0.25) is 0 Å². The molecule has 0 amide bonds. The highest BCUT2D eigenvalue weighted by atomic mass is 32.2. The maximum absolute atomic E-state index is 4.48. The van der Waals surface area contributed by atoms with Gasteiger partial charge in [-0.2, -0.15) is 12.6 Å². The Hall–Kier alpha value is -0.230. The normalized spacial score (nSPS) is 18.9. The molecule has 0 N–H and O–H groups in total. The van der Waals surface area contributed by atoms with E-state index >= 15 is 0 Å². The van der Waals surface area contributed by atoms with Gasteiger partial charge < -0.3 is 0 Å². The van der Waals surface area contributed by atoms with Gasteiger partial charge in [-0.25, -0.2) is 4.68 Å². The molecule has 1 aliphatic rings. The van der Waals surface area contributed by atoms with Gasteiger partial charge in [0.1, 0.15) is 0 Å². The van der Waals surface area contributed by atoms with Gasteiger partial charge in [0.05, 0.1) is 6.04 Å². The minimum Gasteiger partial charge on any atom is -0.217 e. The van der Waals surface area contributed by atoms with Crippen molar-refractivity contribution in [3.63, 3.8) is 0 Å². The van der Waals surface area contributed by atoms with Gasteiger partial charge in [-0.1, -0.05) is 45.4 Å². The standard InChI is InChI=1S/C13H24N4S2/c1-13(2,3)10(8-18)9-19-12-14-15-16-17(12)11-6-4-5-7-11/h10-11,18H,4-9H2,1-3H3. The first-order valence-electron chi connectivity index (χ1n) is 7.04. The third-order valence-electron chi connectivity index (χ3n) is 3.99. The number of nitrogens with zero attached hydrogens (tertiary/aromatic N) is 4. The number of hydrogen-bond donors (Lipinski definition) is 1. The van der Waals surface area contributed by atoms with Crippen molar-refractivity contribution >= 4 is 24.4 Å². The van der Waals surface area contributed by atoms with Gasteiger partial charge in [0, 0.05) is 5.75 Å². The summed E-state index contributed by atoms with van der Waals surface area (Å²) < 4.78 is 2.04. The molecule has 1 heterocycles. The van der Waals surface area contributed by atoms with Crippen molar-refractivity contribution in [1.29, 1.82) is 0 Å². The zero-order chi connectivity index (χ0) is 13.9. The summed E-state index contributed by atoms with van der Waals surface area (Å²) in [6.45, 7) is 6.82. The van der Waals surface area contributed by atoms with E-state index in [-0.39, 0.29) is 5.41 Å². The van der Waals surface area contributed by atoms with Gasteiger partial charge in [0.15, 0.2) is 0 Å². The number of thiol groups is 1. The molecule has 0 aliphatic heterocycles. The zero-order valence-electron chi connectivity index (χ0n) is 12.0. The average molecular weight is 300 g/mol. The lowest BCUT2D eigenvalue weighted by atomic mass is 9.83. The van der Waals surface area contributed by atoms with Crippen LogP contribution in [0.2, 0.25) is 0 Å². The molecule has 2 rings (SSSR count). The first-order valence-corrected chi connectivity index (χ1v) is 8.65. The van der Waals surface area contributed by atoms with Crippen LogP contribution in [0.4, 0.5) is 0 Å². The topological polar surface area (TPSA) is 43.6 Å². The monoisotopic (exact) mass is 300 g/mol. The highest BCUT2D eigenvalue weighted by molar-refractivity contribution is 7.99. The molecule has 1 aromatic heterocycles. The van der Waals surface area contributed by atoms with Gasteiger partial charge >= 0.3 is 0 Å². The Morgan fingerprint density at radius 2 is 2.05 bits per heavy atom. The maximum atomic E-state index is 4.48. The second kappa shape index (κ2) is 6.48. The predicted octanol–water partition coefficient (Wildman–Crippen LogP) is 3.47. The molecule has 0 saturated heterocycles. The van der Waals surface area contributed by atoms with Crippen LogP contribution in [0.1, 0.15) is 52.5 Å². The van der Waals surface area contributed by atoms with Gasteiger partial charge in [-0.15, -0.1) is 5.10 Å². The number of aromatic nitrogens is 4. The van der Waals surface area contributed by atoms with Crippen LogP contribution >= 0.6 is 24.4 Å². The van der Waals surface area contributed by atoms with E-state index in [2.05, 4.69) is 48.9 Å². The lowest BCUT2D eigenvalue weighted by molar-refractivity contribution is 0.294. The Labute approximate surface area is 125 Å². The first-order chi connectivity index (χ1) is 9.02. The quantitative estimate of drug-likeness (QED) is 0.668. The molecule has 1 aromatic rings. The number of tetrazole rings is 1. The number of thioether (sulfide) groups is 1. The molecule has 108 valence electrons. The summed E-state index contributed by atoms with van der Waals surface area (Å²) in [5, 5.41) is 13.2. The van der Waals surface area contributed by atoms with E-state index in [0.29, 0.717) is 12.0 Å². The van der Waals surface area contributed by atoms with Crippen LogP contribution in [0.15, 0.2) is 5.16 Å². The van der Waals surface area contributed by atoms with E-state index in [1.165, 1.54) is 25.7 Å². The minimum absolute atomic E-state index is 0.278. The van der Waals surface area contributed by atoms with E-state index in [9.17, 15) is 0 Å². The first kappa shape index (κ1) is 15.2. The Morgan fingerprint density at radius 1 is 1.37 bits per heavy atom. The second-order valence-corrected chi connectivity index (χ2v) is 7.75. The molecule has 6 heteroatoms. The molecular weight excluding hydrogens is 276 g/mol. The largest absolute Gasteiger partial charge is 0.217 e. The third-order valence-corrected chi connectivity index (χ3v) is 5.53. The van der Waals surface area contributed by atoms with E-state index in [4.69, 9.17) is 0 Å². The van der Waals surface area contributed by atoms with Gasteiger partial charge in [0.25, 0.3) is 0 Å². The molecule has 0 radical (unpaired) electrons. The number of hydrogen-bond acceptors (Lipinski definition) is 5. The Morgan fingerprint density at radius 3 is 2.63 bits per heavy atom. The Kier molecular flexibility index (Phi) is 5.17. The van der Waals surface area contributed by atoms with Gasteiger partial charge in [0.2, 0.25) is 5.16 Å². The molecule has 4 nitrogen and oxygen atoms in total. The van der Waals surface area contributed by atoms with Crippen LogP contribution in [-0.4, -0.2) is 31.7 Å². The summed E-state index contributed by atoms with van der Waals surface area (Å²) in [4.78, 5) is 0. The van der Waals surface area contributed by atoms with Crippen molar-refractivity contribution in [2.45, 2.75) is 57.7 Å². The maximum Gasteiger partial charge on any atom is 0.209 e. The third kappa shape index (κ3) is 3.88. The van der Waals surface area contributed by atoms with Crippen LogP contribution in [0.25, 0.3) is 0 Å². The van der Waals surface area contributed by atoms with Crippen LogP contribution in [0.5, 0.6) is 0 Å². The van der Waals surface area contributed by atoms with Crippen molar-refractivity contribution in [3.05, 3.63) is 0 Å². The van der Waals surface area contributed by atoms with Gasteiger partial charge in [-0.05, 0) is 40.4 Å². The molecule has 1 unspecified atom stereocenters. The molecular formula is C13H24N4S2. The summed E-state index contributed by atoms with van der Waals surface area (Å²) in [5.41, 5.74) is 0.278. The fourth-order valence-electron chi connectivity index (χ4n) is 2.41. The molecule has 0 aromatic carbocycles. The van der Waals surface area contributed by atoms with Crippen LogP contribution in [0, 0.1) is 11.3 Å².